The first kappa shape index (κ1) is 25.0. The van der Waals surface area contributed by atoms with E-state index in [2.05, 4.69) is 22.0 Å². The van der Waals surface area contributed by atoms with Crippen LogP contribution in [0.4, 0.5) is 0 Å². The maximum absolute atomic E-state index is 11.2. The summed E-state index contributed by atoms with van der Waals surface area (Å²) in [6, 6.07) is 17.6. The fourth-order valence-corrected chi connectivity index (χ4v) is 5.51. The lowest BCUT2D eigenvalue weighted by molar-refractivity contribution is -0.0253. The molecule has 0 saturated carbocycles. The van der Waals surface area contributed by atoms with E-state index in [9.17, 15) is 10.2 Å². The maximum atomic E-state index is 11.2. The zero-order chi connectivity index (χ0) is 25.3. The van der Waals surface area contributed by atoms with Gasteiger partial charge >= 0.3 is 0 Å². The molecule has 0 bridgehead atoms. The van der Waals surface area contributed by atoms with Crippen LogP contribution < -0.4 is 4.74 Å². The summed E-state index contributed by atoms with van der Waals surface area (Å²) in [5.74, 6) is 0.801. The summed E-state index contributed by atoms with van der Waals surface area (Å²) in [6.45, 7) is 6.52. The van der Waals surface area contributed by atoms with Crippen molar-refractivity contribution in [3.63, 3.8) is 0 Å². The van der Waals surface area contributed by atoms with Gasteiger partial charge in [-0.15, -0.1) is 0 Å². The summed E-state index contributed by atoms with van der Waals surface area (Å²) >= 11 is 6.38. The van der Waals surface area contributed by atoms with Crippen molar-refractivity contribution in [1.82, 2.24) is 9.88 Å². The lowest BCUT2D eigenvalue weighted by Gasteiger charge is -2.38. The van der Waals surface area contributed by atoms with Crippen LogP contribution in [0, 0.1) is 0 Å². The molecule has 0 radical (unpaired) electrons. The van der Waals surface area contributed by atoms with E-state index in [1.807, 2.05) is 48.5 Å². The zero-order valence-electron chi connectivity index (χ0n) is 20.9. The van der Waals surface area contributed by atoms with Gasteiger partial charge in [0.2, 0.25) is 0 Å². The minimum absolute atomic E-state index is 0.412. The summed E-state index contributed by atoms with van der Waals surface area (Å²) in [6.07, 6.45) is 6.22. The van der Waals surface area contributed by atoms with E-state index in [0.29, 0.717) is 24.5 Å². The number of hydrogen-bond acceptors (Lipinski definition) is 5. The molecular formula is C30H33ClN2O3. The average Bonchev–Trinajstić information content (AvgIpc) is 3.02. The Kier molecular flexibility index (Phi) is 6.92. The van der Waals surface area contributed by atoms with Crippen molar-refractivity contribution in [2.75, 3.05) is 19.6 Å². The number of pyridine rings is 1. The topological polar surface area (TPSA) is 65.8 Å². The predicted octanol–water partition coefficient (Wildman–Crippen LogP) is 5.66. The standard InChI is InChI=1S/C30H33ClN2O3/c1-29(2,34)21-11-12-28-24(19-21)22(23-7-5-15-32-27(23)20-36-28)8-6-16-33-17-13-30(35,14-18-33)25-9-3-4-10-26(25)31/h3-5,7-12,15,19,34-35H,6,13-14,16-18,20H2,1-2H3/b22-8+. The van der Waals surface area contributed by atoms with Gasteiger partial charge in [0.05, 0.1) is 16.9 Å². The number of rotatable bonds is 5. The fourth-order valence-electron chi connectivity index (χ4n) is 5.20. The SMILES string of the molecule is CC(C)(O)c1ccc2c(c1)/C(=C/CCN1CCC(O)(c3ccccc3Cl)CC1)c1cccnc1CO2. The quantitative estimate of drug-likeness (QED) is 0.469. The van der Waals surface area contributed by atoms with E-state index in [1.165, 1.54) is 0 Å². The molecular weight excluding hydrogens is 472 g/mol. The first-order valence-electron chi connectivity index (χ1n) is 12.6. The Balaban J connectivity index is 1.36. The van der Waals surface area contributed by atoms with Gasteiger partial charge in [0, 0.05) is 47.5 Å². The highest BCUT2D eigenvalue weighted by Gasteiger charge is 2.35. The van der Waals surface area contributed by atoms with Crippen molar-refractivity contribution in [3.05, 3.63) is 99.8 Å². The van der Waals surface area contributed by atoms with Crippen LogP contribution in [0.2, 0.25) is 5.02 Å². The van der Waals surface area contributed by atoms with Crippen LogP contribution in [0.5, 0.6) is 5.75 Å². The van der Waals surface area contributed by atoms with Crippen molar-refractivity contribution >= 4 is 17.2 Å². The van der Waals surface area contributed by atoms with Crippen LogP contribution in [0.1, 0.15) is 61.1 Å². The van der Waals surface area contributed by atoms with E-state index in [-0.39, 0.29) is 0 Å². The van der Waals surface area contributed by atoms with Gasteiger partial charge in [-0.25, -0.2) is 0 Å². The monoisotopic (exact) mass is 504 g/mol. The minimum atomic E-state index is -0.948. The largest absolute Gasteiger partial charge is 0.487 e. The summed E-state index contributed by atoms with van der Waals surface area (Å²) in [5, 5.41) is 22.5. The Morgan fingerprint density at radius 2 is 1.86 bits per heavy atom. The average molecular weight is 505 g/mol. The first-order valence-corrected chi connectivity index (χ1v) is 13.0. The van der Waals surface area contributed by atoms with Crippen LogP contribution in [0.3, 0.4) is 0 Å². The maximum Gasteiger partial charge on any atom is 0.131 e. The fraction of sp³-hybridized carbons (Fsp3) is 0.367. The molecule has 2 aliphatic heterocycles. The van der Waals surface area contributed by atoms with Gasteiger partial charge < -0.3 is 19.8 Å². The molecule has 1 fully saturated rings. The molecule has 188 valence electrons. The van der Waals surface area contributed by atoms with Crippen LogP contribution in [0.25, 0.3) is 5.57 Å². The van der Waals surface area contributed by atoms with Crippen molar-refractivity contribution in [2.24, 2.45) is 0 Å². The lowest BCUT2D eigenvalue weighted by atomic mass is 9.84. The number of halogens is 1. The molecule has 2 N–H and O–H groups in total. The minimum Gasteiger partial charge on any atom is -0.487 e. The number of hydrogen-bond donors (Lipinski definition) is 2. The van der Waals surface area contributed by atoms with Gasteiger partial charge in [-0.05, 0) is 68.5 Å². The van der Waals surface area contributed by atoms with Gasteiger partial charge in [-0.2, -0.15) is 0 Å². The Morgan fingerprint density at radius 1 is 1.08 bits per heavy atom. The molecule has 0 unspecified atom stereocenters. The van der Waals surface area contributed by atoms with E-state index in [1.54, 1.807) is 20.0 Å². The van der Waals surface area contributed by atoms with Gasteiger partial charge in [0.25, 0.3) is 0 Å². The van der Waals surface area contributed by atoms with E-state index in [0.717, 1.165) is 65.3 Å². The second-order valence-electron chi connectivity index (χ2n) is 10.3. The van der Waals surface area contributed by atoms with Crippen LogP contribution in [-0.4, -0.2) is 39.7 Å². The molecule has 5 rings (SSSR count). The number of aliphatic hydroxyl groups is 2. The van der Waals surface area contributed by atoms with Crippen molar-refractivity contribution in [2.45, 2.75) is 50.9 Å². The molecule has 0 amide bonds. The summed E-state index contributed by atoms with van der Waals surface area (Å²) in [4.78, 5) is 6.97. The Bertz CT molecular complexity index is 1270. The molecule has 3 heterocycles. The number of ether oxygens (including phenoxy) is 1. The first-order chi connectivity index (χ1) is 17.2. The Labute approximate surface area is 218 Å². The van der Waals surface area contributed by atoms with Crippen molar-refractivity contribution < 1.29 is 14.9 Å². The third kappa shape index (κ3) is 5.07. The van der Waals surface area contributed by atoms with Crippen molar-refractivity contribution in [1.29, 1.82) is 0 Å². The molecule has 0 atom stereocenters. The second-order valence-corrected chi connectivity index (χ2v) is 10.7. The predicted molar refractivity (Wildman–Crippen MR) is 143 cm³/mol. The summed E-state index contributed by atoms with van der Waals surface area (Å²) in [5.41, 5.74) is 3.89. The van der Waals surface area contributed by atoms with Crippen LogP contribution in [-0.2, 0) is 17.8 Å². The Morgan fingerprint density at radius 3 is 2.61 bits per heavy atom. The lowest BCUT2D eigenvalue weighted by Crippen LogP contribution is -2.43. The molecule has 0 aliphatic carbocycles. The number of piperidine rings is 1. The van der Waals surface area contributed by atoms with Gasteiger partial charge in [0.15, 0.2) is 0 Å². The molecule has 5 nitrogen and oxygen atoms in total. The number of benzene rings is 2. The number of likely N-dealkylation sites (tertiary alicyclic amines) is 1. The highest BCUT2D eigenvalue weighted by Crippen LogP contribution is 2.39. The highest BCUT2D eigenvalue weighted by molar-refractivity contribution is 6.31. The van der Waals surface area contributed by atoms with Crippen LogP contribution in [0.15, 0.2) is 66.9 Å². The van der Waals surface area contributed by atoms with Crippen LogP contribution >= 0.6 is 11.6 Å². The van der Waals surface area contributed by atoms with E-state index < -0.39 is 11.2 Å². The molecule has 0 spiro atoms. The summed E-state index contributed by atoms with van der Waals surface area (Å²) < 4.78 is 6.11. The van der Waals surface area contributed by atoms with Crippen molar-refractivity contribution in [3.8, 4) is 5.75 Å². The second kappa shape index (κ2) is 9.98. The number of aromatic nitrogens is 1. The molecule has 1 saturated heterocycles. The van der Waals surface area contributed by atoms with E-state index in [4.69, 9.17) is 16.3 Å². The third-order valence-electron chi connectivity index (χ3n) is 7.37. The molecule has 3 aromatic rings. The molecule has 1 aromatic heterocycles. The molecule has 6 heteroatoms. The molecule has 36 heavy (non-hydrogen) atoms. The molecule has 2 aromatic carbocycles. The van der Waals surface area contributed by atoms with E-state index >= 15 is 0 Å². The summed E-state index contributed by atoms with van der Waals surface area (Å²) in [7, 11) is 0. The smallest absolute Gasteiger partial charge is 0.131 e. The number of nitrogens with zero attached hydrogens (tertiary/aromatic N) is 2. The zero-order valence-corrected chi connectivity index (χ0v) is 21.6. The van der Waals surface area contributed by atoms with Gasteiger partial charge in [-0.1, -0.05) is 48.0 Å². The molecule has 2 aliphatic rings. The van der Waals surface area contributed by atoms with Gasteiger partial charge in [-0.3, -0.25) is 4.98 Å². The third-order valence-corrected chi connectivity index (χ3v) is 7.70. The Hall–Kier alpha value is -2.70. The highest BCUT2D eigenvalue weighted by atomic mass is 35.5. The normalized spacial score (nSPS) is 18.8. The number of fused-ring (bicyclic) bond motifs is 2. The van der Waals surface area contributed by atoms with Gasteiger partial charge in [0.1, 0.15) is 12.4 Å².